The van der Waals surface area contributed by atoms with Gasteiger partial charge < -0.3 is 30.5 Å². The van der Waals surface area contributed by atoms with E-state index in [-0.39, 0.29) is 12.3 Å². The number of aryl methyl sites for hydroxylation is 1. The van der Waals surface area contributed by atoms with Crippen LogP contribution in [0.1, 0.15) is 77.0 Å². The van der Waals surface area contributed by atoms with Crippen molar-refractivity contribution in [2.75, 3.05) is 18.5 Å². The molecular weight excluding hydrogens is 534 g/mol. The number of phenolic OH excluding ortho intramolecular Hbond substituents is 1. The summed E-state index contributed by atoms with van der Waals surface area (Å²) in [5.41, 5.74) is 0.675. The lowest BCUT2D eigenvalue weighted by molar-refractivity contribution is -0.141. The molecule has 0 aliphatic rings. The number of aromatic hydroxyl groups is 1. The lowest BCUT2D eigenvalue weighted by atomic mass is 10.0. The van der Waals surface area contributed by atoms with Gasteiger partial charge in [-0.1, -0.05) is 68.5 Å². The van der Waals surface area contributed by atoms with Gasteiger partial charge >= 0.3 is 6.09 Å². The monoisotopic (exact) mass is 575 g/mol. The van der Waals surface area contributed by atoms with E-state index >= 15 is 0 Å². The molecule has 220 valence electrons. The summed E-state index contributed by atoms with van der Waals surface area (Å²) in [7, 11) is 0. The van der Waals surface area contributed by atoms with Crippen LogP contribution in [-0.4, -0.2) is 57.8 Å². The number of rotatable bonds is 13. The van der Waals surface area contributed by atoms with Crippen molar-refractivity contribution in [3.05, 3.63) is 58.6 Å². The van der Waals surface area contributed by atoms with Crippen molar-refractivity contribution in [2.45, 2.75) is 84.4 Å². The first-order valence-corrected chi connectivity index (χ1v) is 14.0. The third-order valence-corrected chi connectivity index (χ3v) is 6.49. The molecule has 0 aromatic heterocycles. The van der Waals surface area contributed by atoms with E-state index in [1.54, 1.807) is 58.0 Å². The van der Waals surface area contributed by atoms with Gasteiger partial charge in [0, 0.05) is 6.54 Å². The molecule has 0 aliphatic carbocycles. The number of hydrogen-bond acceptors (Lipinski definition) is 6. The number of anilines is 1. The zero-order valence-electron chi connectivity index (χ0n) is 24.0. The Morgan fingerprint density at radius 1 is 1.05 bits per heavy atom. The number of halogens is 1. The summed E-state index contributed by atoms with van der Waals surface area (Å²) in [5, 5.41) is 25.9. The molecule has 9 nitrogen and oxygen atoms in total. The molecule has 2 aromatic rings. The Labute approximate surface area is 241 Å². The fourth-order valence-corrected chi connectivity index (χ4v) is 4.51. The number of alkyl carbamates (subject to hydrolysis) is 1. The SMILES string of the molecule is CCCCCCCN(C(=O)C(CO)NC(=O)OC(C)(C)C)C(C(=O)Nc1c(C)cccc1Cl)c1cccc(O)c1. The van der Waals surface area contributed by atoms with Gasteiger partial charge in [0.05, 0.1) is 17.3 Å². The highest BCUT2D eigenvalue weighted by Gasteiger charge is 2.36. The molecule has 0 bridgehead atoms. The fourth-order valence-electron chi connectivity index (χ4n) is 4.24. The summed E-state index contributed by atoms with van der Waals surface area (Å²) in [6.45, 7) is 8.42. The van der Waals surface area contributed by atoms with Gasteiger partial charge in [-0.25, -0.2) is 4.79 Å². The van der Waals surface area contributed by atoms with Crippen molar-refractivity contribution in [1.29, 1.82) is 0 Å². The van der Waals surface area contributed by atoms with Crippen LogP contribution in [0.4, 0.5) is 10.5 Å². The van der Waals surface area contributed by atoms with Gasteiger partial charge in [-0.2, -0.15) is 0 Å². The minimum absolute atomic E-state index is 0.0786. The molecule has 2 atom stereocenters. The number of benzene rings is 2. The minimum atomic E-state index is -1.36. The van der Waals surface area contributed by atoms with E-state index in [9.17, 15) is 24.6 Å². The summed E-state index contributed by atoms with van der Waals surface area (Å²) >= 11 is 6.38. The predicted molar refractivity (Wildman–Crippen MR) is 156 cm³/mol. The molecule has 0 spiro atoms. The number of carbonyl (C=O) groups excluding carboxylic acids is 3. The Bertz CT molecular complexity index is 1130. The topological polar surface area (TPSA) is 128 Å². The number of nitrogens with one attached hydrogen (secondary N) is 2. The first kappa shape index (κ1) is 32.9. The molecule has 0 radical (unpaired) electrons. The van der Waals surface area contributed by atoms with Crippen LogP contribution in [0.3, 0.4) is 0 Å². The van der Waals surface area contributed by atoms with Gasteiger partial charge in [0.15, 0.2) is 0 Å². The van der Waals surface area contributed by atoms with E-state index in [0.29, 0.717) is 22.7 Å². The summed E-state index contributed by atoms with van der Waals surface area (Å²) in [6, 6.07) is 8.75. The molecule has 2 unspecified atom stereocenters. The van der Waals surface area contributed by atoms with Gasteiger partial charge in [-0.15, -0.1) is 0 Å². The second kappa shape index (κ2) is 15.5. The van der Waals surface area contributed by atoms with Gasteiger partial charge in [0.2, 0.25) is 5.91 Å². The Balaban J connectivity index is 2.50. The molecule has 0 aliphatic heterocycles. The van der Waals surface area contributed by atoms with Crippen LogP contribution in [0.15, 0.2) is 42.5 Å². The highest BCUT2D eigenvalue weighted by Crippen LogP contribution is 2.30. The molecule has 2 aromatic carbocycles. The second-order valence-corrected chi connectivity index (χ2v) is 11.2. The normalized spacial score (nSPS) is 12.8. The number of carbonyl (C=O) groups is 3. The van der Waals surface area contributed by atoms with Crippen molar-refractivity contribution in [3.63, 3.8) is 0 Å². The number of hydrogen-bond donors (Lipinski definition) is 4. The van der Waals surface area contributed by atoms with E-state index in [2.05, 4.69) is 17.6 Å². The molecule has 10 heteroatoms. The highest BCUT2D eigenvalue weighted by atomic mass is 35.5. The molecule has 0 saturated heterocycles. The standard InChI is InChI=1S/C30H42ClN3O6/c1-6-7-8-9-10-17-34(28(38)24(19-35)32-29(39)40-30(3,4)5)26(21-14-12-15-22(36)18-21)27(37)33-25-20(2)13-11-16-23(25)31/h11-16,18,24,26,35-36H,6-10,17,19H2,1-5H3,(H,32,39)(H,33,37). The predicted octanol–water partition coefficient (Wildman–Crippen LogP) is 5.72. The molecule has 3 amide bonds. The van der Waals surface area contributed by atoms with Crippen LogP contribution in [0, 0.1) is 6.92 Å². The third-order valence-electron chi connectivity index (χ3n) is 6.17. The minimum Gasteiger partial charge on any atom is -0.508 e. The molecule has 4 N–H and O–H groups in total. The van der Waals surface area contributed by atoms with Gasteiger partial charge in [0.25, 0.3) is 5.91 Å². The number of ether oxygens (including phenoxy) is 1. The van der Waals surface area contributed by atoms with Gasteiger partial charge in [0.1, 0.15) is 23.4 Å². The maximum atomic E-state index is 13.9. The first-order chi connectivity index (χ1) is 18.9. The van der Waals surface area contributed by atoms with Crippen molar-refractivity contribution in [2.24, 2.45) is 0 Å². The molecule has 0 fully saturated rings. The van der Waals surface area contributed by atoms with Crippen LogP contribution >= 0.6 is 11.6 Å². The van der Waals surface area contributed by atoms with Crippen molar-refractivity contribution >= 4 is 35.2 Å². The number of unbranched alkanes of at least 4 members (excludes halogenated alkanes) is 4. The van der Waals surface area contributed by atoms with Crippen LogP contribution in [0.25, 0.3) is 0 Å². The fraction of sp³-hybridized carbons (Fsp3) is 0.500. The largest absolute Gasteiger partial charge is 0.508 e. The van der Waals surface area contributed by atoms with Crippen LogP contribution in [0.2, 0.25) is 5.02 Å². The summed E-state index contributed by atoms with van der Waals surface area (Å²) in [4.78, 5) is 41.6. The summed E-state index contributed by atoms with van der Waals surface area (Å²) in [5.74, 6) is -1.30. The average molecular weight is 576 g/mol. The van der Waals surface area contributed by atoms with Gasteiger partial charge in [-0.3, -0.25) is 9.59 Å². The average Bonchev–Trinajstić information content (AvgIpc) is 2.87. The molecule has 0 heterocycles. The lowest BCUT2D eigenvalue weighted by Crippen LogP contribution is -2.54. The Kier molecular flexibility index (Phi) is 12.7. The Morgan fingerprint density at radius 3 is 2.33 bits per heavy atom. The quantitative estimate of drug-likeness (QED) is 0.226. The van der Waals surface area contributed by atoms with Crippen LogP contribution in [0.5, 0.6) is 5.75 Å². The number of nitrogens with zero attached hydrogens (tertiary/aromatic N) is 1. The Morgan fingerprint density at radius 2 is 1.73 bits per heavy atom. The van der Waals surface area contributed by atoms with Crippen LogP contribution < -0.4 is 10.6 Å². The number of aliphatic hydroxyl groups excluding tert-OH is 1. The van der Waals surface area contributed by atoms with E-state index in [4.69, 9.17) is 16.3 Å². The third kappa shape index (κ3) is 10.0. The maximum absolute atomic E-state index is 13.9. The smallest absolute Gasteiger partial charge is 0.408 e. The van der Waals surface area contributed by atoms with E-state index in [0.717, 1.165) is 31.2 Å². The maximum Gasteiger partial charge on any atom is 0.408 e. The second-order valence-electron chi connectivity index (χ2n) is 10.7. The van der Waals surface area contributed by atoms with E-state index in [1.807, 2.05) is 0 Å². The lowest BCUT2D eigenvalue weighted by Gasteiger charge is -2.34. The van der Waals surface area contributed by atoms with Gasteiger partial charge in [-0.05, 0) is 63.4 Å². The van der Waals surface area contributed by atoms with Crippen LogP contribution in [-0.2, 0) is 14.3 Å². The van der Waals surface area contributed by atoms with E-state index < -0.39 is 42.2 Å². The zero-order chi connectivity index (χ0) is 29.9. The number of phenols is 1. The molecular formula is C30H42ClN3O6. The number of para-hydroxylation sites is 1. The Hall–Kier alpha value is -3.30. The molecule has 2 rings (SSSR count). The molecule has 40 heavy (non-hydrogen) atoms. The van der Waals surface area contributed by atoms with Crippen molar-refractivity contribution < 1.29 is 29.3 Å². The number of amides is 3. The first-order valence-electron chi connectivity index (χ1n) is 13.6. The van der Waals surface area contributed by atoms with E-state index in [1.165, 1.54) is 17.0 Å². The molecule has 0 saturated carbocycles. The van der Waals surface area contributed by atoms with Crippen molar-refractivity contribution in [1.82, 2.24) is 10.2 Å². The summed E-state index contributed by atoms with van der Waals surface area (Å²) in [6.07, 6.45) is 3.58. The highest BCUT2D eigenvalue weighted by molar-refractivity contribution is 6.34. The zero-order valence-corrected chi connectivity index (χ0v) is 24.8. The summed E-state index contributed by atoms with van der Waals surface area (Å²) < 4.78 is 5.28. The van der Waals surface area contributed by atoms with Crippen molar-refractivity contribution in [3.8, 4) is 5.75 Å². The number of aliphatic hydroxyl groups is 1.